The van der Waals surface area contributed by atoms with E-state index in [2.05, 4.69) is 4.99 Å². The Bertz CT molecular complexity index is 772. The summed E-state index contributed by atoms with van der Waals surface area (Å²) < 4.78 is 6.94. The molecule has 0 unspecified atom stereocenters. The summed E-state index contributed by atoms with van der Waals surface area (Å²) in [6.45, 7) is 0.724. The predicted molar refractivity (Wildman–Crippen MR) is 84.9 cm³/mol. The number of methoxy groups -OCH3 is 1. The van der Waals surface area contributed by atoms with Gasteiger partial charge in [-0.05, 0) is 35.4 Å². The van der Waals surface area contributed by atoms with Crippen molar-refractivity contribution in [2.75, 3.05) is 13.7 Å². The highest BCUT2D eigenvalue weighted by molar-refractivity contribution is 5.81. The first-order valence-corrected chi connectivity index (χ1v) is 6.84. The molecule has 1 aromatic heterocycles. The molecule has 1 aliphatic rings. The number of pyridine rings is 1. The highest BCUT2D eigenvalue weighted by atomic mass is 16.5. The van der Waals surface area contributed by atoms with Crippen molar-refractivity contribution in [2.24, 2.45) is 4.99 Å². The van der Waals surface area contributed by atoms with E-state index in [4.69, 9.17) is 4.74 Å². The molecule has 0 fully saturated rings. The predicted octanol–water partition coefficient (Wildman–Crippen LogP) is 2.84. The van der Waals surface area contributed by atoms with Crippen molar-refractivity contribution in [1.29, 1.82) is 0 Å². The highest BCUT2D eigenvalue weighted by Gasteiger charge is 2.07. The largest absolute Gasteiger partial charge is 0.497 e. The normalized spacial score (nSPS) is 13.9. The summed E-state index contributed by atoms with van der Waals surface area (Å²) in [7, 11) is 1.65. The maximum atomic E-state index is 12.1. The van der Waals surface area contributed by atoms with E-state index >= 15 is 0 Å². The summed E-state index contributed by atoms with van der Waals surface area (Å²) in [6, 6.07) is 11.2. The first-order chi connectivity index (χ1) is 10.3. The molecule has 2 aromatic rings. The number of hydrogen-bond donors (Lipinski definition) is 0. The number of ether oxygens (including phenoxy) is 1. The molecule has 0 spiro atoms. The second-order valence-corrected chi connectivity index (χ2v) is 4.82. The van der Waals surface area contributed by atoms with Gasteiger partial charge in [0.1, 0.15) is 5.75 Å². The monoisotopic (exact) mass is 280 g/mol. The molecule has 106 valence electrons. The number of hydrogen-bond acceptors (Lipinski definition) is 3. The third-order valence-corrected chi connectivity index (χ3v) is 3.49. The van der Waals surface area contributed by atoms with Gasteiger partial charge in [0.25, 0.3) is 5.56 Å². The molecule has 0 bridgehead atoms. The second-order valence-electron chi connectivity index (χ2n) is 4.82. The zero-order chi connectivity index (χ0) is 14.7. The Balaban J connectivity index is 2.06. The minimum atomic E-state index is -0.0248. The lowest BCUT2D eigenvalue weighted by molar-refractivity contribution is 0.415. The van der Waals surface area contributed by atoms with Gasteiger partial charge in [-0.25, -0.2) is 0 Å². The van der Waals surface area contributed by atoms with Gasteiger partial charge in [0.15, 0.2) is 0 Å². The van der Waals surface area contributed by atoms with E-state index in [1.807, 2.05) is 42.6 Å². The first kappa shape index (κ1) is 13.4. The van der Waals surface area contributed by atoms with Crippen LogP contribution in [0.1, 0.15) is 6.42 Å². The van der Waals surface area contributed by atoms with E-state index in [0.29, 0.717) is 0 Å². The Hall–Kier alpha value is -2.62. The highest BCUT2D eigenvalue weighted by Crippen LogP contribution is 2.23. The molecule has 0 atom stereocenters. The molecule has 0 aliphatic carbocycles. The van der Waals surface area contributed by atoms with E-state index in [1.54, 1.807) is 24.0 Å². The van der Waals surface area contributed by atoms with Crippen molar-refractivity contribution in [2.45, 2.75) is 6.42 Å². The van der Waals surface area contributed by atoms with Crippen LogP contribution < -0.4 is 10.3 Å². The quantitative estimate of drug-likeness (QED) is 0.867. The van der Waals surface area contributed by atoms with Crippen LogP contribution in [0.2, 0.25) is 0 Å². The van der Waals surface area contributed by atoms with Crippen LogP contribution in [0, 0.1) is 0 Å². The fourth-order valence-electron chi connectivity index (χ4n) is 2.36. The van der Waals surface area contributed by atoms with Crippen LogP contribution >= 0.6 is 0 Å². The van der Waals surface area contributed by atoms with E-state index in [0.717, 1.165) is 35.5 Å². The third-order valence-electron chi connectivity index (χ3n) is 3.49. The van der Waals surface area contributed by atoms with Gasteiger partial charge < -0.3 is 4.74 Å². The van der Waals surface area contributed by atoms with Gasteiger partial charge >= 0.3 is 0 Å². The molecule has 0 N–H and O–H groups in total. The molecule has 2 heterocycles. The summed E-state index contributed by atoms with van der Waals surface area (Å²) in [6.07, 6.45) is 6.30. The van der Waals surface area contributed by atoms with Crippen LogP contribution in [0.3, 0.4) is 0 Å². The summed E-state index contributed by atoms with van der Waals surface area (Å²) >= 11 is 0. The Labute approximate surface area is 123 Å². The fourth-order valence-corrected chi connectivity index (χ4v) is 2.36. The molecule has 0 radical (unpaired) electrons. The van der Waals surface area contributed by atoms with Crippen LogP contribution in [-0.4, -0.2) is 24.4 Å². The summed E-state index contributed by atoms with van der Waals surface area (Å²) in [4.78, 5) is 16.2. The molecular formula is C17H16N2O2. The fraction of sp³-hybridized carbons (Fsp3) is 0.176. The van der Waals surface area contributed by atoms with E-state index in [-0.39, 0.29) is 5.56 Å². The maximum absolute atomic E-state index is 12.1. The minimum absolute atomic E-state index is 0.0248. The lowest BCUT2D eigenvalue weighted by Crippen LogP contribution is -2.19. The molecule has 1 aromatic carbocycles. The molecular weight excluding hydrogens is 264 g/mol. The van der Waals surface area contributed by atoms with Crippen molar-refractivity contribution in [3.63, 3.8) is 0 Å². The third kappa shape index (κ3) is 2.79. The Kier molecular flexibility index (Phi) is 3.69. The average Bonchev–Trinajstić information content (AvgIpc) is 2.56. The van der Waals surface area contributed by atoms with E-state index in [1.165, 1.54) is 0 Å². The molecule has 3 rings (SSSR count). The minimum Gasteiger partial charge on any atom is -0.497 e. The summed E-state index contributed by atoms with van der Waals surface area (Å²) in [5.74, 6) is 0.800. The topological polar surface area (TPSA) is 43.6 Å². The van der Waals surface area contributed by atoms with Crippen LogP contribution in [0.5, 0.6) is 5.75 Å². The van der Waals surface area contributed by atoms with Gasteiger partial charge in [-0.15, -0.1) is 0 Å². The first-order valence-electron chi connectivity index (χ1n) is 6.84. The van der Waals surface area contributed by atoms with Crippen molar-refractivity contribution < 1.29 is 4.74 Å². The van der Waals surface area contributed by atoms with Gasteiger partial charge in [0.2, 0.25) is 0 Å². The van der Waals surface area contributed by atoms with Crippen molar-refractivity contribution in [1.82, 2.24) is 4.57 Å². The number of aliphatic imine (C=N–C) groups is 1. The number of allylic oxidation sites excluding steroid dienone is 1. The molecule has 0 amide bonds. The van der Waals surface area contributed by atoms with Gasteiger partial charge in [0.05, 0.1) is 7.11 Å². The van der Waals surface area contributed by atoms with Crippen molar-refractivity contribution >= 4 is 11.9 Å². The summed E-state index contributed by atoms with van der Waals surface area (Å²) in [5, 5.41) is 0. The van der Waals surface area contributed by atoms with Crippen molar-refractivity contribution in [3.05, 3.63) is 59.0 Å². The number of nitrogens with zero attached hydrogens (tertiary/aromatic N) is 2. The molecule has 0 saturated heterocycles. The standard InChI is InChI=1S/C17H16N2O2/c1-21-16-4-2-3-13(11-16)14-5-6-17(20)19(12-14)15-7-9-18-10-8-15/h2-7,9,11-12H,8,10H2,1H3. The zero-order valence-corrected chi connectivity index (χ0v) is 11.8. The van der Waals surface area contributed by atoms with Gasteiger partial charge in [0, 0.05) is 37.1 Å². The van der Waals surface area contributed by atoms with Crippen LogP contribution in [0.25, 0.3) is 16.8 Å². The average molecular weight is 280 g/mol. The van der Waals surface area contributed by atoms with Gasteiger partial charge in [-0.1, -0.05) is 12.1 Å². The molecule has 0 saturated carbocycles. The summed E-state index contributed by atoms with van der Waals surface area (Å²) in [5.41, 5.74) is 2.95. The zero-order valence-electron chi connectivity index (χ0n) is 11.8. The number of aromatic nitrogens is 1. The smallest absolute Gasteiger partial charge is 0.254 e. The Morgan fingerprint density at radius 2 is 2.10 bits per heavy atom. The number of dihydropyridines is 1. The van der Waals surface area contributed by atoms with E-state index in [9.17, 15) is 4.79 Å². The van der Waals surface area contributed by atoms with Crippen LogP contribution in [0.4, 0.5) is 0 Å². The van der Waals surface area contributed by atoms with Crippen LogP contribution in [-0.2, 0) is 0 Å². The van der Waals surface area contributed by atoms with Gasteiger partial charge in [-0.2, -0.15) is 0 Å². The maximum Gasteiger partial charge on any atom is 0.254 e. The molecule has 4 nitrogen and oxygen atoms in total. The Morgan fingerprint density at radius 1 is 1.19 bits per heavy atom. The second kappa shape index (κ2) is 5.79. The number of rotatable bonds is 3. The molecule has 21 heavy (non-hydrogen) atoms. The van der Waals surface area contributed by atoms with E-state index < -0.39 is 0 Å². The SMILES string of the molecule is COc1cccc(-c2ccc(=O)n(C3=CC=NCC3)c2)c1. The Morgan fingerprint density at radius 3 is 2.86 bits per heavy atom. The molecule has 1 aliphatic heterocycles. The van der Waals surface area contributed by atoms with Crippen molar-refractivity contribution in [3.8, 4) is 16.9 Å². The van der Waals surface area contributed by atoms with Gasteiger partial charge in [-0.3, -0.25) is 14.4 Å². The van der Waals surface area contributed by atoms with Crippen LogP contribution in [0.15, 0.2) is 58.5 Å². The molecule has 4 heteroatoms. The lowest BCUT2D eigenvalue weighted by atomic mass is 10.1. The lowest BCUT2D eigenvalue weighted by Gasteiger charge is -2.13. The number of benzene rings is 1.